The first-order valence-corrected chi connectivity index (χ1v) is 7.42. The van der Waals surface area contributed by atoms with Crippen LogP contribution >= 0.6 is 0 Å². The van der Waals surface area contributed by atoms with E-state index in [4.69, 9.17) is 0 Å². The van der Waals surface area contributed by atoms with Gasteiger partial charge in [0.1, 0.15) is 0 Å². The molecule has 0 saturated carbocycles. The number of nitrogens with zero attached hydrogens (tertiary/aromatic N) is 2. The Hall–Kier alpha value is -1.09. The highest BCUT2D eigenvalue weighted by Crippen LogP contribution is 2.21. The van der Waals surface area contributed by atoms with E-state index in [-0.39, 0.29) is 0 Å². The summed E-state index contributed by atoms with van der Waals surface area (Å²) in [5.74, 6) is 0.678. The van der Waals surface area contributed by atoms with Crippen LogP contribution in [-0.4, -0.2) is 24.6 Å². The van der Waals surface area contributed by atoms with Crippen molar-refractivity contribution in [3.8, 4) is 0 Å². The number of rotatable bonds is 8. The molecule has 3 heteroatoms. The van der Waals surface area contributed by atoms with Gasteiger partial charge < -0.3 is 10.2 Å². The Morgan fingerprint density at radius 3 is 2.68 bits per heavy atom. The van der Waals surface area contributed by atoms with Gasteiger partial charge in [-0.05, 0) is 31.9 Å². The molecule has 108 valence electrons. The molecule has 1 heterocycles. The highest BCUT2D eigenvalue weighted by molar-refractivity contribution is 5.52. The largest absolute Gasteiger partial charge is 0.372 e. The van der Waals surface area contributed by atoms with Gasteiger partial charge in [-0.2, -0.15) is 0 Å². The fraction of sp³-hybridized carbons (Fsp3) is 0.688. The van der Waals surface area contributed by atoms with Crippen molar-refractivity contribution in [1.29, 1.82) is 0 Å². The number of aromatic nitrogens is 1. The zero-order valence-corrected chi connectivity index (χ0v) is 13.1. The van der Waals surface area contributed by atoms with Crippen LogP contribution in [0.5, 0.6) is 0 Å². The molecule has 0 aliphatic heterocycles. The lowest BCUT2D eigenvalue weighted by Gasteiger charge is -2.28. The summed E-state index contributed by atoms with van der Waals surface area (Å²) in [6.07, 6.45) is 6.31. The Kier molecular flexibility index (Phi) is 6.85. The molecule has 1 aromatic rings. The smallest absolute Gasteiger partial charge is 0.0442 e. The summed E-state index contributed by atoms with van der Waals surface area (Å²) in [6, 6.07) is 2.69. The minimum absolute atomic E-state index is 0.566. The highest BCUT2D eigenvalue weighted by Gasteiger charge is 2.12. The molecule has 1 aromatic heterocycles. The average Bonchev–Trinajstić information content (AvgIpc) is 2.38. The quantitative estimate of drug-likeness (QED) is 0.778. The summed E-state index contributed by atoms with van der Waals surface area (Å²) in [4.78, 5) is 6.64. The van der Waals surface area contributed by atoms with Gasteiger partial charge in [0.15, 0.2) is 0 Å². The molecular weight excluding hydrogens is 234 g/mol. The molecule has 0 aromatic carbocycles. The molecule has 0 spiro atoms. The van der Waals surface area contributed by atoms with Crippen molar-refractivity contribution in [1.82, 2.24) is 10.3 Å². The maximum atomic E-state index is 4.26. The molecule has 1 atom stereocenters. The van der Waals surface area contributed by atoms with E-state index in [1.165, 1.54) is 24.1 Å². The average molecular weight is 263 g/mol. The lowest BCUT2D eigenvalue weighted by atomic mass is 10.1. The van der Waals surface area contributed by atoms with Crippen molar-refractivity contribution >= 4 is 5.69 Å². The molecule has 0 bridgehead atoms. The predicted molar refractivity (Wildman–Crippen MR) is 83.6 cm³/mol. The van der Waals surface area contributed by atoms with E-state index in [9.17, 15) is 0 Å². The minimum atomic E-state index is 0.566. The monoisotopic (exact) mass is 263 g/mol. The number of pyridine rings is 1. The molecule has 0 saturated heterocycles. The van der Waals surface area contributed by atoms with Gasteiger partial charge in [-0.3, -0.25) is 4.98 Å². The summed E-state index contributed by atoms with van der Waals surface area (Å²) in [6.45, 7) is 10.9. The van der Waals surface area contributed by atoms with Gasteiger partial charge in [-0.15, -0.1) is 0 Å². The number of anilines is 1. The standard InChI is InChI=1S/C16H29N3/c1-6-7-14(4)19(5)16-8-9-17-11-15(16)12-18-10-13(2)3/h8-9,11,13-14,18H,6-7,10,12H2,1-5H3. The molecule has 0 amide bonds. The molecular formula is C16H29N3. The van der Waals surface area contributed by atoms with Crippen molar-refractivity contribution in [3.63, 3.8) is 0 Å². The third kappa shape index (κ3) is 5.19. The van der Waals surface area contributed by atoms with Gasteiger partial charge in [-0.1, -0.05) is 27.2 Å². The number of nitrogens with one attached hydrogen (secondary N) is 1. The van der Waals surface area contributed by atoms with E-state index in [0.29, 0.717) is 12.0 Å². The Morgan fingerprint density at radius 1 is 1.32 bits per heavy atom. The van der Waals surface area contributed by atoms with Gasteiger partial charge in [0.25, 0.3) is 0 Å². The van der Waals surface area contributed by atoms with E-state index in [0.717, 1.165) is 13.1 Å². The summed E-state index contributed by atoms with van der Waals surface area (Å²) in [7, 11) is 2.18. The lowest BCUT2D eigenvalue weighted by molar-refractivity contribution is 0.550. The van der Waals surface area contributed by atoms with Crippen molar-refractivity contribution in [2.75, 3.05) is 18.5 Å². The molecule has 0 fully saturated rings. The summed E-state index contributed by atoms with van der Waals surface area (Å²) >= 11 is 0. The van der Waals surface area contributed by atoms with Gasteiger partial charge in [0.2, 0.25) is 0 Å². The molecule has 0 radical (unpaired) electrons. The normalized spacial score (nSPS) is 12.7. The topological polar surface area (TPSA) is 28.2 Å². The van der Waals surface area contributed by atoms with E-state index in [2.05, 4.69) is 56.0 Å². The number of hydrogen-bond acceptors (Lipinski definition) is 3. The Bertz CT molecular complexity index is 363. The van der Waals surface area contributed by atoms with Gasteiger partial charge >= 0.3 is 0 Å². The van der Waals surface area contributed by atoms with Crippen molar-refractivity contribution < 1.29 is 0 Å². The molecule has 0 aliphatic rings. The van der Waals surface area contributed by atoms with Crippen LogP contribution in [0, 0.1) is 5.92 Å². The van der Waals surface area contributed by atoms with Gasteiger partial charge in [0.05, 0.1) is 0 Å². The first-order valence-electron chi connectivity index (χ1n) is 7.42. The highest BCUT2D eigenvalue weighted by atomic mass is 15.1. The lowest BCUT2D eigenvalue weighted by Crippen LogP contribution is -2.30. The van der Waals surface area contributed by atoms with Crippen LogP contribution in [-0.2, 0) is 6.54 Å². The Morgan fingerprint density at radius 2 is 2.05 bits per heavy atom. The molecule has 3 nitrogen and oxygen atoms in total. The van der Waals surface area contributed by atoms with Crippen LogP contribution in [0.2, 0.25) is 0 Å². The van der Waals surface area contributed by atoms with Crippen LogP contribution in [0.1, 0.15) is 46.1 Å². The van der Waals surface area contributed by atoms with Crippen molar-refractivity contribution in [2.24, 2.45) is 5.92 Å². The van der Waals surface area contributed by atoms with Crippen molar-refractivity contribution in [2.45, 2.75) is 53.1 Å². The predicted octanol–water partition coefficient (Wildman–Crippen LogP) is 3.45. The van der Waals surface area contributed by atoms with Crippen LogP contribution < -0.4 is 10.2 Å². The van der Waals surface area contributed by atoms with Crippen LogP contribution in [0.3, 0.4) is 0 Å². The minimum Gasteiger partial charge on any atom is -0.372 e. The second-order valence-corrected chi connectivity index (χ2v) is 5.78. The summed E-state index contributed by atoms with van der Waals surface area (Å²) < 4.78 is 0. The van der Waals surface area contributed by atoms with E-state index < -0.39 is 0 Å². The maximum absolute atomic E-state index is 4.26. The Labute approximate surface area is 118 Å². The fourth-order valence-corrected chi connectivity index (χ4v) is 2.24. The molecule has 1 unspecified atom stereocenters. The summed E-state index contributed by atoms with van der Waals surface area (Å²) in [5.41, 5.74) is 2.58. The van der Waals surface area contributed by atoms with Crippen LogP contribution in [0.4, 0.5) is 5.69 Å². The second-order valence-electron chi connectivity index (χ2n) is 5.78. The summed E-state index contributed by atoms with van der Waals surface area (Å²) in [5, 5.41) is 3.50. The fourth-order valence-electron chi connectivity index (χ4n) is 2.24. The third-order valence-corrected chi connectivity index (χ3v) is 3.49. The van der Waals surface area contributed by atoms with Crippen LogP contribution in [0.25, 0.3) is 0 Å². The molecule has 0 aliphatic carbocycles. The maximum Gasteiger partial charge on any atom is 0.0442 e. The molecule has 1 N–H and O–H groups in total. The zero-order chi connectivity index (χ0) is 14.3. The molecule has 1 rings (SSSR count). The van der Waals surface area contributed by atoms with Gasteiger partial charge in [-0.25, -0.2) is 0 Å². The molecule has 19 heavy (non-hydrogen) atoms. The number of hydrogen-bond donors (Lipinski definition) is 1. The van der Waals surface area contributed by atoms with E-state index in [1.54, 1.807) is 0 Å². The SMILES string of the molecule is CCCC(C)N(C)c1ccncc1CNCC(C)C. The van der Waals surface area contributed by atoms with Gasteiger partial charge in [0, 0.05) is 43.3 Å². The van der Waals surface area contributed by atoms with Crippen LogP contribution in [0.15, 0.2) is 18.5 Å². The first-order chi connectivity index (χ1) is 9.06. The van der Waals surface area contributed by atoms with Crippen molar-refractivity contribution in [3.05, 3.63) is 24.0 Å². The second kappa shape index (κ2) is 8.16. The zero-order valence-electron chi connectivity index (χ0n) is 13.1. The van der Waals surface area contributed by atoms with E-state index >= 15 is 0 Å². The Balaban J connectivity index is 2.71. The van der Waals surface area contributed by atoms with E-state index in [1.807, 2.05) is 12.4 Å². The third-order valence-electron chi connectivity index (χ3n) is 3.49. The first kappa shape index (κ1) is 16.0.